The van der Waals surface area contributed by atoms with Gasteiger partial charge in [-0.2, -0.15) is 5.10 Å². The number of aliphatic hydroxyl groups is 1. The second-order valence-electron chi connectivity index (χ2n) is 13.2. The van der Waals surface area contributed by atoms with E-state index in [-0.39, 0.29) is 12.0 Å². The third kappa shape index (κ3) is 7.37. The average molecular weight is 655 g/mol. The maximum atomic E-state index is 13.4. The van der Waals surface area contributed by atoms with Crippen molar-refractivity contribution in [1.29, 1.82) is 0 Å². The van der Waals surface area contributed by atoms with Crippen LogP contribution in [0.5, 0.6) is 5.75 Å². The zero-order valence-electron chi connectivity index (χ0n) is 27.6. The van der Waals surface area contributed by atoms with E-state index in [0.29, 0.717) is 41.4 Å². The zero-order chi connectivity index (χ0) is 34.0. The van der Waals surface area contributed by atoms with Gasteiger partial charge in [0.1, 0.15) is 29.8 Å². The predicted molar refractivity (Wildman–Crippen MR) is 191 cm³/mol. The summed E-state index contributed by atoms with van der Waals surface area (Å²) in [5, 5.41) is 25.2. The van der Waals surface area contributed by atoms with Crippen molar-refractivity contribution in [2.24, 2.45) is 0 Å². The number of aliphatic hydroxyl groups excluding tert-OH is 1. The molecule has 11 heteroatoms. The summed E-state index contributed by atoms with van der Waals surface area (Å²) in [6.07, 6.45) is 7.60. The number of nitrogens with one attached hydrogen (secondary N) is 3. The van der Waals surface area contributed by atoms with Crippen LogP contribution in [-0.2, 0) is 18.6 Å². The molecule has 11 nitrogen and oxygen atoms in total. The molecule has 0 radical (unpaired) electrons. The lowest BCUT2D eigenvalue weighted by atomic mass is 9.92. The van der Waals surface area contributed by atoms with Crippen molar-refractivity contribution in [2.45, 2.75) is 58.2 Å². The summed E-state index contributed by atoms with van der Waals surface area (Å²) in [6, 6.07) is 24.2. The molecule has 3 aromatic heterocycles. The van der Waals surface area contributed by atoms with Crippen molar-refractivity contribution < 1.29 is 14.6 Å². The number of aromatic nitrogens is 5. The van der Waals surface area contributed by atoms with Crippen LogP contribution in [-0.4, -0.2) is 35.9 Å². The molecule has 0 spiro atoms. The van der Waals surface area contributed by atoms with Gasteiger partial charge in [-0.05, 0) is 60.4 Å². The molecule has 1 saturated carbocycles. The van der Waals surface area contributed by atoms with E-state index in [4.69, 9.17) is 9.84 Å². The van der Waals surface area contributed by atoms with E-state index in [1.165, 1.54) is 0 Å². The number of rotatable bonds is 10. The largest absolute Gasteiger partial charge is 0.488 e. The van der Waals surface area contributed by atoms with E-state index in [1.54, 1.807) is 17.1 Å². The van der Waals surface area contributed by atoms with Crippen LogP contribution in [0.2, 0.25) is 0 Å². The summed E-state index contributed by atoms with van der Waals surface area (Å²) in [7, 11) is 0. The van der Waals surface area contributed by atoms with Crippen molar-refractivity contribution in [2.75, 3.05) is 16.0 Å². The minimum absolute atomic E-state index is 0.0498. The number of anilines is 4. The molecule has 2 amide bonds. The van der Waals surface area contributed by atoms with Gasteiger partial charge in [-0.25, -0.2) is 19.4 Å². The van der Waals surface area contributed by atoms with Gasteiger partial charge in [0.2, 0.25) is 0 Å². The fourth-order valence-corrected chi connectivity index (χ4v) is 5.49. The average Bonchev–Trinajstić information content (AvgIpc) is 3.87. The summed E-state index contributed by atoms with van der Waals surface area (Å²) in [5.74, 6) is 3.06. The van der Waals surface area contributed by atoms with Crippen LogP contribution in [0, 0.1) is 0 Å². The van der Waals surface area contributed by atoms with Crippen LogP contribution in [0.15, 0.2) is 97.5 Å². The maximum Gasteiger partial charge on any atom is 0.324 e. The molecule has 248 valence electrons. The molecule has 0 aliphatic heterocycles. The minimum atomic E-state index is -0.406. The van der Waals surface area contributed by atoms with Crippen LogP contribution in [0.25, 0.3) is 16.5 Å². The molecular formula is C38H38N8O3. The fraction of sp³-hybridized carbons (Fsp3) is 0.237. The van der Waals surface area contributed by atoms with Gasteiger partial charge < -0.3 is 20.5 Å². The molecule has 6 aromatic rings. The molecule has 1 aliphatic carbocycles. The molecule has 49 heavy (non-hydrogen) atoms. The van der Waals surface area contributed by atoms with E-state index in [0.717, 1.165) is 51.8 Å². The van der Waals surface area contributed by atoms with Crippen molar-refractivity contribution >= 4 is 39.9 Å². The Bertz CT molecular complexity index is 2120. The Balaban J connectivity index is 1.06. The highest BCUT2D eigenvalue weighted by atomic mass is 16.5. The Labute approximate surface area is 284 Å². The van der Waals surface area contributed by atoms with Gasteiger partial charge >= 0.3 is 6.03 Å². The molecular weight excluding hydrogens is 616 g/mol. The highest BCUT2D eigenvalue weighted by molar-refractivity contribution is 6.07. The van der Waals surface area contributed by atoms with E-state index in [9.17, 15) is 9.90 Å². The van der Waals surface area contributed by atoms with E-state index in [1.807, 2.05) is 85.1 Å². The van der Waals surface area contributed by atoms with Gasteiger partial charge in [-0.3, -0.25) is 10.3 Å². The second kappa shape index (κ2) is 13.4. The molecule has 0 unspecified atom stereocenters. The van der Waals surface area contributed by atoms with Crippen LogP contribution in [0.1, 0.15) is 62.0 Å². The number of urea groups is 1. The van der Waals surface area contributed by atoms with Crippen LogP contribution < -0.4 is 20.7 Å². The normalized spacial score (nSPS) is 12.9. The maximum absolute atomic E-state index is 13.4. The Kier molecular flexibility index (Phi) is 8.66. The Hall–Kier alpha value is -5.81. The molecule has 4 N–H and O–H groups in total. The molecule has 0 bridgehead atoms. The molecule has 0 atom stereocenters. The Morgan fingerprint density at radius 3 is 2.47 bits per heavy atom. The SMILES string of the molecule is CC(C)(C)c1cc(NC(=O)Nc2ccc(OCc3ccnc(Nc4cncc(C5CC5)n4)c3)c3ccccc23)n(-c2ccc(CO)cc2)n1. The van der Waals surface area contributed by atoms with E-state index < -0.39 is 6.03 Å². The number of fused-ring (bicyclic) bond motifs is 1. The number of hydrogen-bond donors (Lipinski definition) is 4. The van der Waals surface area contributed by atoms with E-state index in [2.05, 4.69) is 51.7 Å². The first-order valence-electron chi connectivity index (χ1n) is 16.3. The second-order valence-corrected chi connectivity index (χ2v) is 13.2. The Morgan fingerprint density at radius 1 is 0.918 bits per heavy atom. The number of amides is 2. The standard InChI is InChI=1S/C38H38N8O3/c1-38(2,3)33-19-36(46(45-33)27-12-8-24(22-47)9-13-27)44-37(48)42-30-14-15-32(29-7-5-4-6-28(29)30)49-23-25-16-17-40-34(18-25)43-35-21-39-20-31(41-35)26-10-11-26/h4-9,12-21,26,47H,10-11,22-23H2,1-3H3,(H,40,41,43)(H2,42,44,48). The van der Waals surface area contributed by atoms with Crippen LogP contribution in [0.4, 0.5) is 27.9 Å². The Morgan fingerprint density at radius 2 is 1.71 bits per heavy atom. The van der Waals surface area contributed by atoms with Crippen LogP contribution >= 0.6 is 0 Å². The smallest absolute Gasteiger partial charge is 0.324 e. The van der Waals surface area contributed by atoms with Crippen molar-refractivity contribution in [3.8, 4) is 11.4 Å². The number of carbonyl (C=O) groups is 1. The summed E-state index contributed by atoms with van der Waals surface area (Å²) in [6.45, 7) is 6.49. The molecule has 7 rings (SSSR count). The number of ether oxygens (including phenoxy) is 1. The quantitative estimate of drug-likeness (QED) is 0.117. The lowest BCUT2D eigenvalue weighted by Gasteiger charge is -2.15. The minimum Gasteiger partial charge on any atom is -0.488 e. The van der Waals surface area contributed by atoms with Crippen molar-refractivity contribution in [1.82, 2.24) is 24.7 Å². The van der Waals surface area contributed by atoms with Crippen LogP contribution in [0.3, 0.4) is 0 Å². The summed E-state index contributed by atoms with van der Waals surface area (Å²) >= 11 is 0. The van der Waals surface area contributed by atoms with Gasteiger partial charge in [-0.15, -0.1) is 0 Å². The molecule has 3 aromatic carbocycles. The lowest BCUT2D eigenvalue weighted by molar-refractivity contribution is 0.262. The molecule has 3 heterocycles. The third-order valence-corrected chi connectivity index (χ3v) is 8.34. The summed E-state index contributed by atoms with van der Waals surface area (Å²) in [5.41, 5.74) is 4.74. The topological polar surface area (TPSA) is 139 Å². The van der Waals surface area contributed by atoms with Crippen molar-refractivity contribution in [3.05, 3.63) is 120 Å². The monoisotopic (exact) mass is 654 g/mol. The fourth-order valence-electron chi connectivity index (χ4n) is 5.49. The van der Waals surface area contributed by atoms with Gasteiger partial charge in [0.25, 0.3) is 0 Å². The zero-order valence-corrected chi connectivity index (χ0v) is 27.6. The summed E-state index contributed by atoms with van der Waals surface area (Å²) in [4.78, 5) is 26.9. The number of nitrogens with zero attached hydrogens (tertiary/aromatic N) is 5. The van der Waals surface area contributed by atoms with Gasteiger partial charge in [-0.1, -0.05) is 57.2 Å². The summed E-state index contributed by atoms with van der Waals surface area (Å²) < 4.78 is 8.01. The highest BCUT2D eigenvalue weighted by Gasteiger charge is 2.25. The number of hydrogen-bond acceptors (Lipinski definition) is 8. The first-order valence-corrected chi connectivity index (χ1v) is 16.3. The van der Waals surface area contributed by atoms with E-state index >= 15 is 0 Å². The van der Waals surface area contributed by atoms with Gasteiger partial charge in [0, 0.05) is 40.6 Å². The molecule has 0 saturated heterocycles. The predicted octanol–water partition coefficient (Wildman–Crippen LogP) is 7.84. The number of carbonyl (C=O) groups excluding carboxylic acids is 1. The molecule has 1 aliphatic rings. The first kappa shape index (κ1) is 31.8. The number of benzene rings is 3. The lowest BCUT2D eigenvalue weighted by Crippen LogP contribution is -2.21. The molecule has 1 fully saturated rings. The van der Waals surface area contributed by atoms with Gasteiger partial charge in [0.15, 0.2) is 0 Å². The van der Waals surface area contributed by atoms with Crippen molar-refractivity contribution in [3.63, 3.8) is 0 Å². The first-order chi connectivity index (χ1) is 23.7. The third-order valence-electron chi connectivity index (χ3n) is 8.34. The highest BCUT2D eigenvalue weighted by Crippen LogP contribution is 2.39. The number of pyridine rings is 1. The van der Waals surface area contributed by atoms with Gasteiger partial charge in [0.05, 0.1) is 35.6 Å².